The van der Waals surface area contributed by atoms with E-state index in [4.69, 9.17) is 5.73 Å². The normalized spacial score (nSPS) is 28.2. The molecule has 0 aromatic carbocycles. The van der Waals surface area contributed by atoms with Crippen LogP contribution in [-0.4, -0.2) is 31.1 Å². The Labute approximate surface area is 76.1 Å². The first-order chi connectivity index (χ1) is 5.59. The average molecular weight is 170 g/mol. The van der Waals surface area contributed by atoms with Gasteiger partial charge in [-0.3, -0.25) is 0 Å². The molecule has 1 heterocycles. The lowest BCUT2D eigenvalue weighted by Gasteiger charge is -2.20. The Morgan fingerprint density at radius 2 is 2.17 bits per heavy atom. The summed E-state index contributed by atoms with van der Waals surface area (Å²) in [5, 5.41) is 0. The van der Waals surface area contributed by atoms with Gasteiger partial charge < -0.3 is 10.6 Å². The minimum absolute atomic E-state index is 0.426. The number of hydrogen-bond donors (Lipinski definition) is 1. The fraction of sp³-hybridized carbons (Fsp3) is 1.00. The van der Waals surface area contributed by atoms with E-state index in [1.54, 1.807) is 0 Å². The molecule has 72 valence electrons. The summed E-state index contributed by atoms with van der Waals surface area (Å²) < 4.78 is 0. The van der Waals surface area contributed by atoms with E-state index in [0.29, 0.717) is 6.04 Å². The topological polar surface area (TPSA) is 29.3 Å². The lowest BCUT2D eigenvalue weighted by Crippen LogP contribution is -2.33. The summed E-state index contributed by atoms with van der Waals surface area (Å²) in [5.41, 5.74) is 6.12. The molecule has 0 aromatic rings. The predicted octanol–water partition coefficient (Wildman–Crippen LogP) is 1.31. The first-order valence-corrected chi connectivity index (χ1v) is 5.03. The van der Waals surface area contributed by atoms with Gasteiger partial charge in [-0.1, -0.05) is 13.8 Å². The minimum atomic E-state index is 0.426. The molecule has 1 aliphatic heterocycles. The van der Waals surface area contributed by atoms with Crippen LogP contribution in [0.5, 0.6) is 0 Å². The molecule has 2 atom stereocenters. The Hall–Kier alpha value is -0.0800. The third kappa shape index (κ3) is 2.76. The summed E-state index contributed by atoms with van der Waals surface area (Å²) in [6.45, 7) is 6.93. The Kier molecular flexibility index (Phi) is 3.53. The van der Waals surface area contributed by atoms with Gasteiger partial charge in [-0.25, -0.2) is 0 Å². The van der Waals surface area contributed by atoms with Crippen molar-refractivity contribution in [1.29, 1.82) is 0 Å². The molecule has 0 amide bonds. The molecule has 2 N–H and O–H groups in total. The van der Waals surface area contributed by atoms with Crippen molar-refractivity contribution in [3.05, 3.63) is 0 Å². The summed E-state index contributed by atoms with van der Waals surface area (Å²) in [4.78, 5) is 2.38. The third-order valence-corrected chi connectivity index (χ3v) is 2.78. The molecule has 0 radical (unpaired) electrons. The van der Waals surface area contributed by atoms with Crippen LogP contribution in [0.3, 0.4) is 0 Å². The van der Waals surface area contributed by atoms with Crippen molar-refractivity contribution < 1.29 is 0 Å². The van der Waals surface area contributed by atoms with Crippen molar-refractivity contribution in [2.24, 2.45) is 17.6 Å². The second-order valence-electron chi connectivity index (χ2n) is 4.60. The van der Waals surface area contributed by atoms with E-state index in [9.17, 15) is 0 Å². The van der Waals surface area contributed by atoms with E-state index in [-0.39, 0.29) is 0 Å². The lowest BCUT2D eigenvalue weighted by molar-refractivity contribution is 0.342. The van der Waals surface area contributed by atoms with E-state index in [1.807, 2.05) is 0 Å². The van der Waals surface area contributed by atoms with Crippen LogP contribution < -0.4 is 5.73 Å². The van der Waals surface area contributed by atoms with Crippen molar-refractivity contribution in [3.63, 3.8) is 0 Å². The molecule has 1 aliphatic rings. The number of rotatable bonds is 3. The average Bonchev–Trinajstić information content (AvgIpc) is 2.34. The molecule has 2 heteroatoms. The molecule has 0 saturated carbocycles. The Morgan fingerprint density at radius 1 is 1.50 bits per heavy atom. The highest BCUT2D eigenvalue weighted by atomic mass is 15.1. The highest BCUT2D eigenvalue weighted by molar-refractivity contribution is 4.82. The van der Waals surface area contributed by atoms with Crippen LogP contribution >= 0.6 is 0 Å². The minimum Gasteiger partial charge on any atom is -0.327 e. The Morgan fingerprint density at radius 3 is 2.58 bits per heavy atom. The summed E-state index contributed by atoms with van der Waals surface area (Å²) in [6.07, 6.45) is 2.48. The third-order valence-electron chi connectivity index (χ3n) is 2.78. The molecular formula is C10H22N2. The Balaban J connectivity index is 2.28. The zero-order chi connectivity index (χ0) is 9.14. The van der Waals surface area contributed by atoms with Gasteiger partial charge >= 0.3 is 0 Å². The summed E-state index contributed by atoms with van der Waals surface area (Å²) in [7, 11) is 2.18. The predicted molar refractivity (Wildman–Crippen MR) is 53.0 cm³/mol. The van der Waals surface area contributed by atoms with Gasteiger partial charge in [0.2, 0.25) is 0 Å². The zero-order valence-electron chi connectivity index (χ0n) is 8.59. The second kappa shape index (κ2) is 4.24. The van der Waals surface area contributed by atoms with Gasteiger partial charge in [-0.05, 0) is 38.3 Å². The molecule has 2 unspecified atom stereocenters. The van der Waals surface area contributed by atoms with Crippen molar-refractivity contribution >= 4 is 0 Å². The molecule has 0 aliphatic carbocycles. The van der Waals surface area contributed by atoms with Gasteiger partial charge in [-0.15, -0.1) is 0 Å². The monoisotopic (exact) mass is 170 g/mol. The summed E-state index contributed by atoms with van der Waals surface area (Å²) in [6, 6.07) is 0.426. The van der Waals surface area contributed by atoms with E-state index >= 15 is 0 Å². The van der Waals surface area contributed by atoms with E-state index < -0.39 is 0 Å². The maximum atomic E-state index is 6.12. The van der Waals surface area contributed by atoms with Crippen LogP contribution in [0.25, 0.3) is 0 Å². The lowest BCUT2D eigenvalue weighted by atomic mass is 9.92. The number of nitrogens with zero attached hydrogens (tertiary/aromatic N) is 1. The maximum absolute atomic E-state index is 6.12. The quantitative estimate of drug-likeness (QED) is 0.692. The van der Waals surface area contributed by atoms with Crippen LogP contribution in [0, 0.1) is 11.8 Å². The molecule has 1 saturated heterocycles. The molecule has 0 aromatic heterocycles. The molecule has 12 heavy (non-hydrogen) atoms. The standard InChI is InChI=1S/C10H22N2/c1-8(2)6-10(11)9-4-5-12(3)7-9/h8-10H,4-7,11H2,1-3H3. The summed E-state index contributed by atoms with van der Waals surface area (Å²) in [5.74, 6) is 1.49. The zero-order valence-corrected chi connectivity index (χ0v) is 8.59. The highest BCUT2D eigenvalue weighted by Gasteiger charge is 2.25. The van der Waals surface area contributed by atoms with Crippen LogP contribution in [0.2, 0.25) is 0 Å². The van der Waals surface area contributed by atoms with Gasteiger partial charge in [0.05, 0.1) is 0 Å². The molecule has 1 fully saturated rings. The van der Waals surface area contributed by atoms with Gasteiger partial charge in [0, 0.05) is 12.6 Å². The van der Waals surface area contributed by atoms with Gasteiger partial charge in [0.25, 0.3) is 0 Å². The first-order valence-electron chi connectivity index (χ1n) is 5.03. The van der Waals surface area contributed by atoms with Crippen molar-refractivity contribution in [1.82, 2.24) is 4.90 Å². The molecule has 1 rings (SSSR count). The van der Waals surface area contributed by atoms with E-state index in [2.05, 4.69) is 25.8 Å². The number of nitrogens with two attached hydrogens (primary N) is 1. The first kappa shape index (κ1) is 10.0. The fourth-order valence-corrected chi connectivity index (χ4v) is 2.06. The van der Waals surface area contributed by atoms with E-state index in [1.165, 1.54) is 25.9 Å². The smallest absolute Gasteiger partial charge is 0.00822 e. The van der Waals surface area contributed by atoms with Gasteiger partial charge in [0.15, 0.2) is 0 Å². The maximum Gasteiger partial charge on any atom is 0.00822 e. The molecule has 2 nitrogen and oxygen atoms in total. The van der Waals surface area contributed by atoms with Crippen molar-refractivity contribution in [2.75, 3.05) is 20.1 Å². The van der Waals surface area contributed by atoms with E-state index in [0.717, 1.165) is 11.8 Å². The van der Waals surface area contributed by atoms with Crippen LogP contribution in [0.1, 0.15) is 26.7 Å². The van der Waals surface area contributed by atoms with Crippen molar-refractivity contribution in [3.8, 4) is 0 Å². The second-order valence-corrected chi connectivity index (χ2v) is 4.60. The number of hydrogen-bond acceptors (Lipinski definition) is 2. The SMILES string of the molecule is CC(C)CC(N)C1CCN(C)C1. The number of likely N-dealkylation sites (tertiary alicyclic amines) is 1. The van der Waals surface area contributed by atoms with Gasteiger partial charge in [-0.2, -0.15) is 0 Å². The van der Waals surface area contributed by atoms with Gasteiger partial charge in [0.1, 0.15) is 0 Å². The van der Waals surface area contributed by atoms with Crippen molar-refractivity contribution in [2.45, 2.75) is 32.7 Å². The molecular weight excluding hydrogens is 148 g/mol. The largest absolute Gasteiger partial charge is 0.327 e. The highest BCUT2D eigenvalue weighted by Crippen LogP contribution is 2.20. The Bertz CT molecular complexity index is 134. The molecule has 0 bridgehead atoms. The van der Waals surface area contributed by atoms with Crippen LogP contribution in [0.4, 0.5) is 0 Å². The summed E-state index contributed by atoms with van der Waals surface area (Å²) >= 11 is 0. The fourth-order valence-electron chi connectivity index (χ4n) is 2.06. The van der Waals surface area contributed by atoms with Crippen LogP contribution in [-0.2, 0) is 0 Å². The molecule has 0 spiro atoms. The van der Waals surface area contributed by atoms with Crippen LogP contribution in [0.15, 0.2) is 0 Å².